The zero-order valence-corrected chi connectivity index (χ0v) is 21.6. The number of nitrogens with one attached hydrogen (secondary N) is 2. The zero-order valence-electron chi connectivity index (χ0n) is 20.9. The normalized spacial score (nSPS) is 23.4. The van der Waals surface area contributed by atoms with Gasteiger partial charge in [0, 0.05) is 35.7 Å². The summed E-state index contributed by atoms with van der Waals surface area (Å²) < 4.78 is 11.1. The number of hydrogen-bond acceptors (Lipinski definition) is 6. The lowest BCUT2D eigenvalue weighted by Gasteiger charge is -2.37. The topological polar surface area (TPSA) is 100 Å². The molecule has 0 radical (unpaired) electrons. The SMILES string of the molecule is CCOC(=O)N1CCC2=C(NC3C=CC(Cl)=CC23)C1c1ccc(OCC(O)CNC(=O)C(C)C)cc1. The van der Waals surface area contributed by atoms with Crippen LogP contribution in [-0.4, -0.2) is 60.5 Å². The maximum absolute atomic E-state index is 12.9. The fourth-order valence-corrected chi connectivity index (χ4v) is 5.01. The van der Waals surface area contributed by atoms with Gasteiger partial charge in [0.15, 0.2) is 0 Å². The molecule has 8 nitrogen and oxygen atoms in total. The van der Waals surface area contributed by atoms with Gasteiger partial charge in [-0.15, -0.1) is 0 Å². The van der Waals surface area contributed by atoms with Crippen LogP contribution in [0.25, 0.3) is 0 Å². The molecule has 2 aliphatic heterocycles. The molecular weight excluding hydrogens is 482 g/mol. The number of hydrogen-bond donors (Lipinski definition) is 3. The first-order valence-electron chi connectivity index (χ1n) is 12.4. The van der Waals surface area contributed by atoms with Crippen molar-refractivity contribution in [3.8, 4) is 5.75 Å². The lowest BCUT2D eigenvalue weighted by molar-refractivity contribution is -0.124. The second kappa shape index (κ2) is 11.4. The van der Waals surface area contributed by atoms with Crippen molar-refractivity contribution in [3.05, 3.63) is 64.4 Å². The number of aliphatic hydroxyl groups excluding tert-OH is 1. The molecule has 0 spiro atoms. The Morgan fingerprint density at radius 3 is 2.72 bits per heavy atom. The van der Waals surface area contributed by atoms with Gasteiger partial charge in [-0.3, -0.25) is 9.69 Å². The summed E-state index contributed by atoms with van der Waals surface area (Å²) in [5.41, 5.74) is 3.21. The number of benzene rings is 1. The summed E-state index contributed by atoms with van der Waals surface area (Å²) in [5.74, 6) is 0.507. The average Bonchev–Trinajstić information content (AvgIpc) is 3.23. The second-order valence-electron chi connectivity index (χ2n) is 9.52. The molecule has 3 aliphatic rings. The quantitative estimate of drug-likeness (QED) is 0.489. The van der Waals surface area contributed by atoms with Crippen molar-refractivity contribution >= 4 is 23.6 Å². The first-order valence-corrected chi connectivity index (χ1v) is 12.8. The van der Waals surface area contributed by atoms with Crippen molar-refractivity contribution in [1.82, 2.24) is 15.5 Å². The van der Waals surface area contributed by atoms with Crippen molar-refractivity contribution in [2.45, 2.75) is 45.4 Å². The highest BCUT2D eigenvalue weighted by atomic mass is 35.5. The summed E-state index contributed by atoms with van der Waals surface area (Å²) in [6, 6.07) is 7.30. The van der Waals surface area contributed by atoms with Gasteiger partial charge in [0.25, 0.3) is 0 Å². The molecule has 9 heteroatoms. The lowest BCUT2D eigenvalue weighted by Crippen LogP contribution is -2.42. The Hall–Kier alpha value is -2.97. The van der Waals surface area contributed by atoms with E-state index in [2.05, 4.69) is 22.8 Å². The van der Waals surface area contributed by atoms with Crippen LogP contribution in [0.2, 0.25) is 0 Å². The molecule has 0 saturated heterocycles. The maximum Gasteiger partial charge on any atom is 0.410 e. The molecule has 2 heterocycles. The molecule has 1 aliphatic carbocycles. The Labute approximate surface area is 217 Å². The molecule has 3 N–H and O–H groups in total. The van der Waals surface area contributed by atoms with Gasteiger partial charge in [0.05, 0.1) is 12.6 Å². The number of nitrogens with zero attached hydrogens (tertiary/aromatic N) is 1. The van der Waals surface area contributed by atoms with Crippen LogP contribution < -0.4 is 15.4 Å². The Balaban J connectivity index is 1.49. The molecule has 2 amide bonds. The molecule has 194 valence electrons. The number of ether oxygens (including phenoxy) is 2. The fourth-order valence-electron chi connectivity index (χ4n) is 4.80. The third-order valence-corrected chi connectivity index (χ3v) is 6.89. The molecule has 0 saturated carbocycles. The summed E-state index contributed by atoms with van der Waals surface area (Å²) in [5, 5.41) is 17.2. The van der Waals surface area contributed by atoms with Crippen LogP contribution >= 0.6 is 11.6 Å². The summed E-state index contributed by atoms with van der Waals surface area (Å²) >= 11 is 6.29. The van der Waals surface area contributed by atoms with Gasteiger partial charge in [-0.2, -0.15) is 0 Å². The monoisotopic (exact) mass is 515 g/mol. The first kappa shape index (κ1) is 26.1. The van der Waals surface area contributed by atoms with Crippen LogP contribution in [0.3, 0.4) is 0 Å². The number of halogens is 1. The Morgan fingerprint density at radius 1 is 1.28 bits per heavy atom. The van der Waals surface area contributed by atoms with E-state index < -0.39 is 6.10 Å². The standard InChI is InChI=1S/C27H34ClN3O5/c1-4-35-27(34)31-12-11-21-22-13-18(28)7-10-23(22)30-24(21)25(31)17-5-8-20(9-6-17)36-15-19(32)14-29-26(33)16(2)3/h5-10,13,16,19,22-23,25,30,32H,4,11-12,14-15H2,1-3H3,(H,29,33). The van der Waals surface area contributed by atoms with E-state index in [0.717, 1.165) is 22.7 Å². The zero-order chi connectivity index (χ0) is 25.8. The third-order valence-electron chi connectivity index (χ3n) is 6.64. The van der Waals surface area contributed by atoms with E-state index in [1.54, 1.807) is 25.7 Å². The number of rotatable bonds is 8. The van der Waals surface area contributed by atoms with E-state index >= 15 is 0 Å². The van der Waals surface area contributed by atoms with Gasteiger partial charge in [-0.05, 0) is 42.7 Å². The van der Waals surface area contributed by atoms with Crippen molar-refractivity contribution in [3.63, 3.8) is 0 Å². The molecular formula is C27H34ClN3O5. The summed E-state index contributed by atoms with van der Waals surface area (Å²) in [7, 11) is 0. The van der Waals surface area contributed by atoms with E-state index in [1.165, 1.54) is 5.57 Å². The highest BCUT2D eigenvalue weighted by Crippen LogP contribution is 2.44. The molecule has 0 fully saturated rings. The molecule has 4 unspecified atom stereocenters. The van der Waals surface area contributed by atoms with Crippen molar-refractivity contribution in [2.24, 2.45) is 11.8 Å². The van der Waals surface area contributed by atoms with E-state index in [0.29, 0.717) is 18.9 Å². The second-order valence-corrected chi connectivity index (χ2v) is 9.96. The van der Waals surface area contributed by atoms with Crippen molar-refractivity contribution in [2.75, 3.05) is 26.3 Å². The minimum atomic E-state index is -0.822. The van der Waals surface area contributed by atoms with Crippen LogP contribution in [0.5, 0.6) is 5.75 Å². The minimum Gasteiger partial charge on any atom is -0.491 e. The molecule has 0 aromatic heterocycles. The molecule has 1 aromatic rings. The third kappa shape index (κ3) is 5.71. The highest BCUT2D eigenvalue weighted by molar-refractivity contribution is 6.31. The van der Waals surface area contributed by atoms with Gasteiger partial charge in [-0.25, -0.2) is 4.79 Å². The Bertz CT molecular complexity index is 1070. The van der Waals surface area contributed by atoms with E-state index in [4.69, 9.17) is 21.1 Å². The summed E-state index contributed by atoms with van der Waals surface area (Å²) in [4.78, 5) is 26.3. The molecule has 0 bridgehead atoms. The largest absolute Gasteiger partial charge is 0.491 e. The predicted molar refractivity (Wildman–Crippen MR) is 137 cm³/mol. The van der Waals surface area contributed by atoms with E-state index in [1.807, 2.05) is 30.3 Å². The van der Waals surface area contributed by atoms with Gasteiger partial charge in [-0.1, -0.05) is 49.7 Å². The van der Waals surface area contributed by atoms with E-state index in [9.17, 15) is 14.7 Å². The van der Waals surface area contributed by atoms with Gasteiger partial charge in [0.2, 0.25) is 5.91 Å². The first-order chi connectivity index (χ1) is 17.3. The summed E-state index contributed by atoms with van der Waals surface area (Å²) in [6.45, 7) is 6.43. The molecule has 36 heavy (non-hydrogen) atoms. The van der Waals surface area contributed by atoms with Crippen LogP contribution in [0.15, 0.2) is 58.8 Å². The number of carbonyl (C=O) groups is 2. The number of amides is 2. The smallest absolute Gasteiger partial charge is 0.410 e. The highest BCUT2D eigenvalue weighted by Gasteiger charge is 2.43. The van der Waals surface area contributed by atoms with Gasteiger partial charge < -0.3 is 25.2 Å². The average molecular weight is 516 g/mol. The van der Waals surface area contributed by atoms with Crippen molar-refractivity contribution < 1.29 is 24.2 Å². The van der Waals surface area contributed by atoms with Crippen LogP contribution in [0.1, 0.15) is 38.8 Å². The molecule has 4 rings (SSSR count). The number of aliphatic hydroxyl groups is 1. The molecule has 1 aromatic carbocycles. The Kier molecular flexibility index (Phi) is 8.26. The van der Waals surface area contributed by atoms with Crippen molar-refractivity contribution in [1.29, 1.82) is 0 Å². The number of carbonyl (C=O) groups excluding carboxylic acids is 2. The molecule has 4 atom stereocenters. The lowest BCUT2D eigenvalue weighted by atomic mass is 9.85. The minimum absolute atomic E-state index is 0.0513. The maximum atomic E-state index is 12.9. The van der Waals surface area contributed by atoms with Gasteiger partial charge in [0.1, 0.15) is 24.5 Å². The number of allylic oxidation sites excluding steroid dienone is 2. The predicted octanol–water partition coefficient (Wildman–Crippen LogP) is 3.64. The van der Waals surface area contributed by atoms with Crippen LogP contribution in [0, 0.1) is 11.8 Å². The van der Waals surface area contributed by atoms with E-state index in [-0.39, 0.29) is 49.1 Å². The Morgan fingerprint density at radius 2 is 2.03 bits per heavy atom. The van der Waals surface area contributed by atoms with Crippen LogP contribution in [0.4, 0.5) is 4.79 Å². The summed E-state index contributed by atoms with van der Waals surface area (Å²) in [6.07, 6.45) is 5.63. The fraction of sp³-hybridized carbons (Fsp3) is 0.481. The van der Waals surface area contributed by atoms with Crippen LogP contribution in [-0.2, 0) is 9.53 Å². The number of fused-ring (bicyclic) bond motifs is 2. The van der Waals surface area contributed by atoms with Gasteiger partial charge >= 0.3 is 6.09 Å².